The topological polar surface area (TPSA) is 74.9 Å². The number of carbonyl (C=O) groups is 1. The Bertz CT molecular complexity index is 1210. The van der Waals surface area contributed by atoms with E-state index in [1.54, 1.807) is 29.6 Å². The Morgan fingerprint density at radius 2 is 1.69 bits per heavy atom. The average Bonchev–Trinajstić information content (AvgIpc) is 3.53. The first-order chi connectivity index (χ1) is 16.7. The maximum absolute atomic E-state index is 13.8. The monoisotopic (exact) mass is 490 g/mol. The van der Waals surface area contributed by atoms with Gasteiger partial charge < -0.3 is 14.3 Å². The molecule has 0 saturated heterocycles. The van der Waals surface area contributed by atoms with Crippen molar-refractivity contribution >= 4 is 22.9 Å². The minimum Gasteiger partial charge on any atom is -0.472 e. The van der Waals surface area contributed by atoms with Crippen molar-refractivity contribution < 1.29 is 19.1 Å². The van der Waals surface area contributed by atoms with Crippen LogP contribution in [0.25, 0.3) is 0 Å². The molecule has 0 saturated carbocycles. The van der Waals surface area contributed by atoms with Gasteiger partial charge in [-0.05, 0) is 81.6 Å². The van der Waals surface area contributed by atoms with Crippen molar-refractivity contribution in [2.45, 2.75) is 45.5 Å². The van der Waals surface area contributed by atoms with Gasteiger partial charge in [-0.3, -0.25) is 15.0 Å². The molecule has 0 radical (unpaired) electrons. The number of amides is 1. The second kappa shape index (κ2) is 10.5. The van der Waals surface area contributed by atoms with Crippen LogP contribution >= 0.6 is 11.3 Å². The number of aliphatic hydroxyl groups excluding tert-OH is 1. The molecule has 1 amide bonds. The lowest BCUT2D eigenvalue weighted by atomic mass is 10.0. The van der Waals surface area contributed by atoms with Gasteiger partial charge in [0.25, 0.3) is 5.91 Å². The lowest BCUT2D eigenvalue weighted by Gasteiger charge is -2.37. The molecule has 6 nitrogen and oxygen atoms in total. The summed E-state index contributed by atoms with van der Waals surface area (Å²) in [5, 5.41) is 16.4. The van der Waals surface area contributed by atoms with Crippen LogP contribution in [0, 0.1) is 6.92 Å². The number of ether oxygens (including phenoxy) is 1. The number of furan rings is 1. The van der Waals surface area contributed by atoms with E-state index < -0.39 is 12.3 Å². The van der Waals surface area contributed by atoms with Crippen molar-refractivity contribution in [2.75, 3.05) is 4.90 Å². The highest BCUT2D eigenvalue weighted by Gasteiger charge is 2.36. The van der Waals surface area contributed by atoms with Crippen LogP contribution in [0.1, 0.15) is 47.6 Å². The summed E-state index contributed by atoms with van der Waals surface area (Å²) < 4.78 is 11.3. The lowest BCUT2D eigenvalue weighted by molar-refractivity contribution is 0.0693. The summed E-state index contributed by atoms with van der Waals surface area (Å²) in [6.45, 7) is 7.92. The third kappa shape index (κ3) is 6.19. The van der Waals surface area contributed by atoms with Crippen molar-refractivity contribution in [1.82, 2.24) is 5.32 Å². The number of rotatable bonds is 8. The minimum atomic E-state index is -1.06. The number of hydrogen-bond acceptors (Lipinski definition) is 6. The fourth-order valence-electron chi connectivity index (χ4n) is 3.78. The number of nitrogens with one attached hydrogen (secondary N) is 1. The summed E-state index contributed by atoms with van der Waals surface area (Å²) in [6, 6.07) is 19.8. The van der Waals surface area contributed by atoms with E-state index in [0.717, 1.165) is 11.3 Å². The second-order valence-corrected chi connectivity index (χ2v) is 10.3. The molecular formula is C28H30N2O4S. The Morgan fingerprint density at radius 3 is 2.23 bits per heavy atom. The number of hydrogen-bond donors (Lipinski definition) is 2. The Hall–Kier alpha value is -3.39. The number of thiophene rings is 1. The van der Waals surface area contributed by atoms with E-state index in [-0.39, 0.29) is 11.4 Å². The Balaban J connectivity index is 1.71. The molecule has 2 N–H and O–H groups in total. The molecule has 2 unspecified atom stereocenters. The van der Waals surface area contributed by atoms with Gasteiger partial charge >= 0.3 is 0 Å². The van der Waals surface area contributed by atoms with E-state index in [1.165, 1.54) is 11.3 Å². The largest absolute Gasteiger partial charge is 0.472 e. The quantitative estimate of drug-likeness (QED) is 0.275. The molecule has 0 aliphatic rings. The summed E-state index contributed by atoms with van der Waals surface area (Å²) in [5.41, 5.74) is 2.08. The lowest BCUT2D eigenvalue weighted by Crippen LogP contribution is -2.52. The predicted molar refractivity (Wildman–Crippen MR) is 139 cm³/mol. The van der Waals surface area contributed by atoms with Crippen LogP contribution in [0.15, 0.2) is 89.1 Å². The van der Waals surface area contributed by atoms with Gasteiger partial charge in [-0.2, -0.15) is 0 Å². The zero-order chi connectivity index (χ0) is 25.0. The van der Waals surface area contributed by atoms with Crippen molar-refractivity contribution in [1.29, 1.82) is 0 Å². The normalized spacial score (nSPS) is 13.3. The Labute approximate surface area is 209 Å². The summed E-state index contributed by atoms with van der Waals surface area (Å²) in [6.07, 6.45) is 2.04. The zero-order valence-electron chi connectivity index (χ0n) is 20.3. The smallest absolute Gasteiger partial charge is 0.269 e. The van der Waals surface area contributed by atoms with E-state index in [1.807, 2.05) is 87.7 Å². The number of carbonyl (C=O) groups excluding carboxylic acids is 1. The van der Waals surface area contributed by atoms with Crippen LogP contribution < -0.4 is 15.0 Å². The van der Waals surface area contributed by atoms with Crippen molar-refractivity contribution in [3.8, 4) is 11.5 Å². The number of aryl methyl sites for hydroxylation is 1. The molecule has 0 bridgehead atoms. The van der Waals surface area contributed by atoms with E-state index in [4.69, 9.17) is 9.15 Å². The fourth-order valence-corrected chi connectivity index (χ4v) is 4.44. The zero-order valence-corrected chi connectivity index (χ0v) is 21.1. The summed E-state index contributed by atoms with van der Waals surface area (Å²) in [4.78, 5) is 15.9. The molecule has 4 aromatic rings. The first kappa shape index (κ1) is 24.7. The number of nitrogens with zero attached hydrogens (tertiary/aromatic N) is 1. The van der Waals surface area contributed by atoms with Gasteiger partial charge in [0.15, 0.2) is 0 Å². The molecule has 2 heterocycles. The van der Waals surface area contributed by atoms with E-state index in [0.29, 0.717) is 21.9 Å². The number of aliphatic hydroxyl groups is 1. The molecular weight excluding hydrogens is 460 g/mol. The first-order valence-corrected chi connectivity index (χ1v) is 12.3. The molecule has 2 aromatic heterocycles. The van der Waals surface area contributed by atoms with E-state index >= 15 is 0 Å². The van der Waals surface area contributed by atoms with Crippen LogP contribution in [0.4, 0.5) is 5.69 Å². The maximum atomic E-state index is 13.8. The average molecular weight is 491 g/mol. The SMILES string of the molecule is Cc1ccc(Oc2ccc(N(C(=O)c3cccs3)C(c3ccoc3)C(O)NC(C)(C)C)cc2)cc1. The van der Waals surface area contributed by atoms with Crippen molar-refractivity contribution in [2.24, 2.45) is 0 Å². The summed E-state index contributed by atoms with van der Waals surface area (Å²) in [5.74, 6) is 1.17. The van der Waals surface area contributed by atoms with Gasteiger partial charge in [0.05, 0.1) is 17.4 Å². The van der Waals surface area contributed by atoms with E-state index in [2.05, 4.69) is 5.32 Å². The Kier molecular flexibility index (Phi) is 7.40. The predicted octanol–water partition coefficient (Wildman–Crippen LogP) is 6.54. The standard InChI is InChI=1S/C28H30N2O4S/c1-19-7-11-22(12-8-19)34-23-13-9-21(10-14-23)30(27(32)24-6-5-17-35-24)25(20-15-16-33-18-20)26(31)29-28(2,3)4/h5-18,25-26,29,31H,1-4H3. The van der Waals surface area contributed by atoms with Gasteiger partial charge in [0.2, 0.25) is 0 Å². The Morgan fingerprint density at radius 1 is 1.03 bits per heavy atom. The second-order valence-electron chi connectivity index (χ2n) is 9.40. The third-order valence-electron chi connectivity index (χ3n) is 5.37. The van der Waals surface area contributed by atoms with Crippen LogP contribution in [-0.4, -0.2) is 22.8 Å². The molecule has 0 fully saturated rings. The van der Waals surface area contributed by atoms with Gasteiger partial charge in [-0.25, -0.2) is 0 Å². The molecule has 0 aliphatic heterocycles. The molecule has 35 heavy (non-hydrogen) atoms. The number of benzene rings is 2. The summed E-state index contributed by atoms with van der Waals surface area (Å²) >= 11 is 1.36. The van der Waals surface area contributed by atoms with Crippen LogP contribution in [0.2, 0.25) is 0 Å². The maximum Gasteiger partial charge on any atom is 0.269 e. The highest BCUT2D eigenvalue weighted by molar-refractivity contribution is 7.12. The first-order valence-electron chi connectivity index (χ1n) is 11.4. The molecule has 0 spiro atoms. The van der Waals surface area contributed by atoms with Crippen LogP contribution in [-0.2, 0) is 0 Å². The van der Waals surface area contributed by atoms with E-state index in [9.17, 15) is 9.90 Å². The van der Waals surface area contributed by atoms with Crippen LogP contribution in [0.3, 0.4) is 0 Å². The molecule has 2 aromatic carbocycles. The molecule has 0 aliphatic carbocycles. The molecule has 7 heteroatoms. The van der Waals surface area contributed by atoms with Crippen molar-refractivity contribution in [3.63, 3.8) is 0 Å². The minimum absolute atomic E-state index is 0.215. The molecule has 182 valence electrons. The van der Waals surface area contributed by atoms with Gasteiger partial charge in [0.1, 0.15) is 23.8 Å². The fraction of sp³-hybridized carbons (Fsp3) is 0.250. The van der Waals surface area contributed by atoms with Gasteiger partial charge in [-0.1, -0.05) is 23.8 Å². The molecule has 2 atom stereocenters. The van der Waals surface area contributed by atoms with Gasteiger partial charge in [0, 0.05) is 16.8 Å². The highest BCUT2D eigenvalue weighted by Crippen LogP contribution is 2.34. The number of anilines is 1. The third-order valence-corrected chi connectivity index (χ3v) is 6.22. The summed E-state index contributed by atoms with van der Waals surface area (Å²) in [7, 11) is 0. The van der Waals surface area contributed by atoms with Crippen LogP contribution in [0.5, 0.6) is 11.5 Å². The highest BCUT2D eigenvalue weighted by atomic mass is 32.1. The molecule has 4 rings (SSSR count). The van der Waals surface area contributed by atoms with Gasteiger partial charge in [-0.15, -0.1) is 11.3 Å². The van der Waals surface area contributed by atoms with Crippen molar-refractivity contribution in [3.05, 3.63) is 101 Å².